The highest BCUT2D eigenvalue weighted by molar-refractivity contribution is 7.85. The number of aromatic amines is 1. The van der Waals surface area contributed by atoms with Gasteiger partial charge in [0.2, 0.25) is 0 Å². The topological polar surface area (TPSA) is 92.2 Å². The fourth-order valence-corrected chi connectivity index (χ4v) is 2.30. The number of aromatic nitrogens is 2. The lowest BCUT2D eigenvalue weighted by molar-refractivity contribution is 0.482. The Balaban J connectivity index is 2.45. The Morgan fingerprint density at radius 2 is 2.06 bits per heavy atom. The first-order chi connectivity index (χ1) is 8.35. The summed E-state index contributed by atoms with van der Waals surface area (Å²) in [4.78, 5) is 11.6. The molecule has 0 aliphatic carbocycles. The van der Waals surface area contributed by atoms with Crippen molar-refractivity contribution in [3.63, 3.8) is 0 Å². The van der Waals surface area contributed by atoms with Gasteiger partial charge in [0.25, 0.3) is 15.7 Å². The van der Waals surface area contributed by atoms with Crippen molar-refractivity contribution in [2.75, 3.05) is 0 Å². The van der Waals surface area contributed by atoms with Crippen molar-refractivity contribution in [1.29, 1.82) is 0 Å². The second kappa shape index (κ2) is 4.43. The average Bonchev–Trinajstić information content (AvgIpc) is 2.55. The molecule has 2 aromatic rings. The lowest BCUT2D eigenvalue weighted by Gasteiger charge is -2.04. The standard InChI is InChI=1S/C11H12N2O4S/c1-8-5-11(14)13(12-8)10-4-2-3-9(6-10)7-18(15,16)17/h2-6,12H,7H2,1H3,(H,15,16,17). The summed E-state index contributed by atoms with van der Waals surface area (Å²) in [5.74, 6) is -0.477. The lowest BCUT2D eigenvalue weighted by Crippen LogP contribution is -2.13. The van der Waals surface area contributed by atoms with Gasteiger partial charge in [-0.05, 0) is 24.6 Å². The Kier molecular flexibility index (Phi) is 3.10. The predicted molar refractivity (Wildman–Crippen MR) is 66.4 cm³/mol. The van der Waals surface area contributed by atoms with Gasteiger partial charge in [-0.15, -0.1) is 0 Å². The van der Waals surface area contributed by atoms with E-state index in [-0.39, 0.29) is 5.56 Å². The summed E-state index contributed by atoms with van der Waals surface area (Å²) in [6.45, 7) is 1.75. The highest BCUT2D eigenvalue weighted by Gasteiger charge is 2.08. The van der Waals surface area contributed by atoms with Crippen LogP contribution in [0.3, 0.4) is 0 Å². The third kappa shape index (κ3) is 2.88. The maximum absolute atomic E-state index is 11.6. The van der Waals surface area contributed by atoms with E-state index in [1.807, 2.05) is 0 Å². The quantitative estimate of drug-likeness (QED) is 0.808. The molecule has 0 spiro atoms. The third-order valence-corrected chi connectivity index (χ3v) is 3.06. The first kappa shape index (κ1) is 12.6. The Morgan fingerprint density at radius 1 is 1.33 bits per heavy atom. The van der Waals surface area contributed by atoms with Crippen molar-refractivity contribution in [2.24, 2.45) is 0 Å². The molecule has 0 atom stereocenters. The van der Waals surface area contributed by atoms with Gasteiger partial charge in [0.1, 0.15) is 5.75 Å². The molecule has 0 aliphatic rings. The van der Waals surface area contributed by atoms with Crippen molar-refractivity contribution in [1.82, 2.24) is 9.78 Å². The third-order valence-electron chi connectivity index (χ3n) is 2.37. The van der Waals surface area contributed by atoms with Crippen LogP contribution in [0.2, 0.25) is 0 Å². The molecule has 0 amide bonds. The van der Waals surface area contributed by atoms with Crippen LogP contribution in [0.1, 0.15) is 11.3 Å². The van der Waals surface area contributed by atoms with Gasteiger partial charge in [0.05, 0.1) is 5.69 Å². The molecule has 0 radical (unpaired) electrons. The van der Waals surface area contributed by atoms with Crippen LogP contribution in [-0.2, 0) is 15.9 Å². The fraction of sp³-hybridized carbons (Fsp3) is 0.182. The summed E-state index contributed by atoms with van der Waals surface area (Å²) in [5, 5.41) is 2.84. The molecule has 1 aromatic heterocycles. The summed E-state index contributed by atoms with van der Waals surface area (Å²) in [6, 6.07) is 7.84. The van der Waals surface area contributed by atoms with E-state index in [2.05, 4.69) is 5.10 Å². The number of H-pyrrole nitrogens is 1. The van der Waals surface area contributed by atoms with E-state index in [0.717, 1.165) is 0 Å². The van der Waals surface area contributed by atoms with Gasteiger partial charge in [-0.3, -0.25) is 14.4 Å². The summed E-state index contributed by atoms with van der Waals surface area (Å²) < 4.78 is 31.7. The molecule has 96 valence electrons. The molecule has 1 heterocycles. The maximum atomic E-state index is 11.6. The Hall–Kier alpha value is -1.86. The van der Waals surface area contributed by atoms with Crippen LogP contribution in [0.4, 0.5) is 0 Å². The second-order valence-electron chi connectivity index (χ2n) is 4.01. The summed E-state index contributed by atoms with van der Waals surface area (Å²) in [7, 11) is -4.08. The smallest absolute Gasteiger partial charge is 0.271 e. The van der Waals surface area contributed by atoms with Gasteiger partial charge in [-0.25, -0.2) is 4.68 Å². The molecular formula is C11H12N2O4S. The average molecular weight is 268 g/mol. The highest BCUT2D eigenvalue weighted by atomic mass is 32.2. The van der Waals surface area contributed by atoms with Gasteiger partial charge in [-0.1, -0.05) is 12.1 Å². The van der Waals surface area contributed by atoms with E-state index in [0.29, 0.717) is 16.9 Å². The molecule has 0 fully saturated rings. The molecule has 0 saturated heterocycles. The van der Waals surface area contributed by atoms with E-state index < -0.39 is 15.9 Å². The molecule has 2 N–H and O–H groups in total. The number of benzene rings is 1. The fourth-order valence-electron chi connectivity index (χ4n) is 1.70. The first-order valence-corrected chi connectivity index (χ1v) is 6.79. The minimum Gasteiger partial charge on any atom is -0.295 e. The second-order valence-corrected chi connectivity index (χ2v) is 5.46. The van der Waals surface area contributed by atoms with Gasteiger partial charge in [0.15, 0.2) is 0 Å². The first-order valence-electron chi connectivity index (χ1n) is 5.18. The monoisotopic (exact) mass is 268 g/mol. The number of hydrogen-bond donors (Lipinski definition) is 2. The lowest BCUT2D eigenvalue weighted by atomic mass is 10.2. The molecular weight excluding hydrogens is 256 g/mol. The summed E-state index contributed by atoms with van der Waals surface area (Å²) >= 11 is 0. The zero-order valence-electron chi connectivity index (χ0n) is 9.62. The Bertz CT molecular complexity index is 727. The van der Waals surface area contributed by atoms with E-state index in [1.54, 1.807) is 25.1 Å². The minimum atomic E-state index is -4.08. The number of nitrogens with zero attached hydrogens (tertiary/aromatic N) is 1. The molecule has 6 nitrogen and oxygen atoms in total. The molecule has 0 unspecified atom stereocenters. The van der Waals surface area contributed by atoms with Crippen LogP contribution in [0.15, 0.2) is 35.1 Å². The number of hydrogen-bond acceptors (Lipinski definition) is 3. The van der Waals surface area contributed by atoms with Crippen molar-refractivity contribution >= 4 is 10.1 Å². The molecule has 1 aromatic carbocycles. The summed E-state index contributed by atoms with van der Waals surface area (Å²) in [6.07, 6.45) is 0. The predicted octanol–water partition coefficient (Wildman–Crippen LogP) is 0.862. The van der Waals surface area contributed by atoms with Crippen molar-refractivity contribution in [3.8, 4) is 5.69 Å². The van der Waals surface area contributed by atoms with Crippen LogP contribution in [0.25, 0.3) is 5.69 Å². The van der Waals surface area contributed by atoms with E-state index in [4.69, 9.17) is 4.55 Å². The largest absolute Gasteiger partial charge is 0.295 e. The zero-order chi connectivity index (χ0) is 13.3. The number of aryl methyl sites for hydroxylation is 1. The van der Waals surface area contributed by atoms with Crippen molar-refractivity contribution in [3.05, 3.63) is 51.9 Å². The molecule has 0 bridgehead atoms. The molecule has 2 rings (SSSR count). The Morgan fingerprint density at radius 3 is 2.61 bits per heavy atom. The van der Waals surface area contributed by atoms with E-state index >= 15 is 0 Å². The molecule has 0 aliphatic heterocycles. The summed E-state index contributed by atoms with van der Waals surface area (Å²) in [5.41, 5.74) is 1.42. The van der Waals surface area contributed by atoms with Crippen LogP contribution < -0.4 is 5.56 Å². The highest BCUT2D eigenvalue weighted by Crippen LogP contribution is 2.11. The molecule has 18 heavy (non-hydrogen) atoms. The van der Waals surface area contributed by atoms with Gasteiger partial charge in [0, 0.05) is 11.8 Å². The number of nitrogens with one attached hydrogen (secondary N) is 1. The van der Waals surface area contributed by atoms with Crippen LogP contribution in [-0.4, -0.2) is 22.8 Å². The van der Waals surface area contributed by atoms with Crippen LogP contribution in [0, 0.1) is 6.92 Å². The van der Waals surface area contributed by atoms with E-state index in [1.165, 1.54) is 16.8 Å². The number of rotatable bonds is 3. The maximum Gasteiger partial charge on any atom is 0.271 e. The molecule has 7 heteroatoms. The van der Waals surface area contributed by atoms with Crippen LogP contribution in [0.5, 0.6) is 0 Å². The van der Waals surface area contributed by atoms with Crippen molar-refractivity contribution < 1.29 is 13.0 Å². The van der Waals surface area contributed by atoms with Gasteiger partial charge >= 0.3 is 0 Å². The van der Waals surface area contributed by atoms with Gasteiger partial charge in [-0.2, -0.15) is 8.42 Å². The molecule has 0 saturated carbocycles. The van der Waals surface area contributed by atoms with E-state index in [9.17, 15) is 13.2 Å². The van der Waals surface area contributed by atoms with Crippen LogP contribution >= 0.6 is 0 Å². The Labute approximate surface area is 104 Å². The minimum absolute atomic E-state index is 0.225. The SMILES string of the molecule is Cc1cc(=O)n(-c2cccc(CS(=O)(=O)O)c2)[nH]1. The van der Waals surface area contributed by atoms with Gasteiger partial charge < -0.3 is 0 Å². The normalized spacial score (nSPS) is 11.7. The van der Waals surface area contributed by atoms with Crippen molar-refractivity contribution in [2.45, 2.75) is 12.7 Å². The zero-order valence-corrected chi connectivity index (χ0v) is 10.4.